The van der Waals surface area contributed by atoms with Gasteiger partial charge in [-0.25, -0.2) is 4.79 Å². The van der Waals surface area contributed by atoms with Gasteiger partial charge in [0.05, 0.1) is 41.5 Å². The Morgan fingerprint density at radius 3 is 2.10 bits per heavy atom. The van der Waals surface area contributed by atoms with Crippen LogP contribution >= 0.6 is 0 Å². The Kier molecular flexibility index (Phi) is 7.18. The van der Waals surface area contributed by atoms with Crippen LogP contribution in [0.2, 0.25) is 0 Å². The summed E-state index contributed by atoms with van der Waals surface area (Å²) >= 11 is 0. The largest absolute Gasteiger partial charge is 0.493 e. The van der Waals surface area contributed by atoms with Gasteiger partial charge in [-0.05, 0) is 5.56 Å². The van der Waals surface area contributed by atoms with Crippen molar-refractivity contribution >= 4 is 5.91 Å². The Morgan fingerprint density at radius 2 is 1.57 bits per heavy atom. The lowest BCUT2D eigenvalue weighted by Crippen LogP contribution is -2.61. The highest BCUT2D eigenvalue weighted by molar-refractivity contribution is 5.71. The molecule has 0 bridgehead atoms. The van der Waals surface area contributed by atoms with E-state index in [1.54, 1.807) is 33.5 Å². The Hall–Kier alpha value is -2.77. The summed E-state index contributed by atoms with van der Waals surface area (Å²) in [6.07, 6.45) is 0. The molecule has 1 aliphatic rings. The van der Waals surface area contributed by atoms with Gasteiger partial charge in [0, 0.05) is 31.8 Å². The van der Waals surface area contributed by atoms with Crippen LogP contribution in [0.3, 0.4) is 0 Å². The molecular weight excluding hydrogens is 384 g/mol. The lowest BCUT2D eigenvalue weighted by molar-refractivity contribution is -0.840. The third-order valence-electron chi connectivity index (χ3n) is 5.67. The van der Waals surface area contributed by atoms with Gasteiger partial charge in [0.2, 0.25) is 12.4 Å². The zero-order valence-corrected chi connectivity index (χ0v) is 18.2. The molecule has 162 valence electrons. The van der Waals surface area contributed by atoms with E-state index in [-0.39, 0.29) is 12.5 Å². The third-order valence-corrected chi connectivity index (χ3v) is 5.67. The lowest BCUT2D eigenvalue weighted by atomic mass is 10.2. The fourth-order valence-corrected chi connectivity index (χ4v) is 3.64. The molecule has 30 heavy (non-hydrogen) atoms. The predicted octanol–water partition coefficient (Wildman–Crippen LogP) is 2.58. The summed E-state index contributed by atoms with van der Waals surface area (Å²) in [5.41, 5.74) is 1.30. The number of piperazine rings is 1. The average molecular weight is 416 g/mol. The third kappa shape index (κ3) is 5.04. The van der Waals surface area contributed by atoms with Crippen LogP contribution < -0.4 is 18.9 Å². The number of nitrogens with zero attached hydrogens (tertiary/aromatic N) is 2. The fourth-order valence-electron chi connectivity index (χ4n) is 3.64. The van der Waals surface area contributed by atoms with Gasteiger partial charge in [0.1, 0.15) is 5.75 Å². The molecule has 0 atom stereocenters. The van der Waals surface area contributed by atoms with E-state index in [4.69, 9.17) is 18.9 Å². The van der Waals surface area contributed by atoms with Crippen molar-refractivity contribution in [1.82, 2.24) is 4.90 Å². The molecule has 0 unspecified atom stereocenters. The van der Waals surface area contributed by atoms with Crippen LogP contribution in [0.4, 0.5) is 0 Å². The number of ether oxygens (including phenoxy) is 4. The lowest BCUT2D eigenvalue weighted by Gasteiger charge is -2.39. The van der Waals surface area contributed by atoms with Crippen molar-refractivity contribution in [3.05, 3.63) is 48.0 Å². The van der Waals surface area contributed by atoms with Crippen LogP contribution in [0.1, 0.15) is 5.56 Å². The number of likely N-dealkylation sites (N-methyl/N-ethyl adjacent to an activating group) is 1. The molecule has 0 radical (unpaired) electrons. The molecule has 2 aromatic rings. The van der Waals surface area contributed by atoms with Gasteiger partial charge in [-0.2, -0.15) is 0 Å². The second-order valence-corrected chi connectivity index (χ2v) is 7.65. The maximum atomic E-state index is 12.9. The molecule has 1 fully saturated rings. The van der Waals surface area contributed by atoms with Crippen LogP contribution in [0.15, 0.2) is 42.5 Å². The zero-order valence-electron chi connectivity index (χ0n) is 18.2. The minimum Gasteiger partial charge on any atom is -0.493 e. The number of amides is 1. The van der Waals surface area contributed by atoms with E-state index < -0.39 is 0 Å². The quantitative estimate of drug-likeness (QED) is 0.618. The topological polar surface area (TPSA) is 57.2 Å². The Balaban J connectivity index is 1.57. The van der Waals surface area contributed by atoms with Crippen molar-refractivity contribution in [3.8, 4) is 23.0 Å². The first-order valence-electron chi connectivity index (χ1n) is 10.1. The van der Waals surface area contributed by atoms with Crippen LogP contribution in [0.25, 0.3) is 0 Å². The van der Waals surface area contributed by atoms with E-state index in [0.29, 0.717) is 27.5 Å². The van der Waals surface area contributed by atoms with E-state index in [1.807, 2.05) is 13.1 Å². The second kappa shape index (κ2) is 9.82. The van der Waals surface area contributed by atoms with Gasteiger partial charge in [-0.3, -0.25) is 9.38 Å². The van der Waals surface area contributed by atoms with Crippen molar-refractivity contribution < 1.29 is 28.2 Å². The van der Waals surface area contributed by atoms with Gasteiger partial charge in [-0.1, -0.05) is 30.3 Å². The smallest absolute Gasteiger partial charge is 0.351 e. The summed E-state index contributed by atoms with van der Waals surface area (Å²) in [6.45, 7) is 4.20. The van der Waals surface area contributed by atoms with Crippen molar-refractivity contribution in [3.63, 3.8) is 0 Å². The van der Waals surface area contributed by atoms with Gasteiger partial charge >= 0.3 is 5.91 Å². The molecule has 7 heteroatoms. The summed E-state index contributed by atoms with van der Waals surface area (Å²) < 4.78 is 22.2. The van der Waals surface area contributed by atoms with Crippen molar-refractivity contribution in [2.24, 2.45) is 0 Å². The standard InChI is InChI=1S/C23H31N2O5/c1-25(12-10-24(11-13-25)16-18-8-6-5-7-9-18)22(26)17-30-19-14-20(27-2)23(29-4)21(15-19)28-3/h5-9,14-15H,10-13,16-17H2,1-4H3/q+1. The van der Waals surface area contributed by atoms with Gasteiger partial charge < -0.3 is 18.9 Å². The highest BCUT2D eigenvalue weighted by atomic mass is 16.5. The van der Waals surface area contributed by atoms with Crippen LogP contribution in [0.5, 0.6) is 23.0 Å². The molecular formula is C23H31N2O5+. The SMILES string of the molecule is COc1cc(OCC(=O)[N+]2(C)CCN(Cc3ccccc3)CC2)cc(OC)c1OC. The molecule has 1 heterocycles. The molecule has 0 aliphatic carbocycles. The van der Waals surface area contributed by atoms with Crippen molar-refractivity contribution in [2.45, 2.75) is 6.54 Å². The molecule has 0 aromatic heterocycles. The van der Waals surface area contributed by atoms with Crippen LogP contribution in [-0.2, 0) is 11.3 Å². The molecule has 0 N–H and O–H groups in total. The number of quaternary nitrogens is 1. The maximum Gasteiger partial charge on any atom is 0.351 e. The van der Waals surface area contributed by atoms with E-state index in [9.17, 15) is 4.79 Å². The number of hydrogen-bond acceptors (Lipinski definition) is 6. The summed E-state index contributed by atoms with van der Waals surface area (Å²) in [5, 5.41) is 0. The minimum atomic E-state index is -0.00613. The normalized spacial score (nSPS) is 16.0. The van der Waals surface area contributed by atoms with E-state index >= 15 is 0 Å². The predicted molar refractivity (Wildman–Crippen MR) is 114 cm³/mol. The first kappa shape index (κ1) is 21.9. The molecule has 7 nitrogen and oxygen atoms in total. The fraction of sp³-hybridized carbons (Fsp3) is 0.435. The van der Waals surface area contributed by atoms with Gasteiger partial charge in [0.25, 0.3) is 0 Å². The van der Waals surface area contributed by atoms with Gasteiger partial charge in [0.15, 0.2) is 11.5 Å². The monoisotopic (exact) mass is 415 g/mol. The van der Waals surface area contributed by atoms with Crippen molar-refractivity contribution in [2.75, 3.05) is 61.2 Å². The Bertz CT molecular complexity index is 823. The molecule has 0 saturated carbocycles. The van der Waals surface area contributed by atoms with Crippen LogP contribution in [0, 0.1) is 0 Å². The number of benzene rings is 2. The summed E-state index contributed by atoms with van der Waals surface area (Å²) in [5.74, 6) is 2.05. The molecule has 1 aliphatic heterocycles. The Labute approximate surface area is 178 Å². The highest BCUT2D eigenvalue weighted by Crippen LogP contribution is 2.40. The maximum absolute atomic E-state index is 12.9. The molecule has 1 saturated heterocycles. The highest BCUT2D eigenvalue weighted by Gasteiger charge is 2.36. The zero-order chi connectivity index (χ0) is 21.6. The average Bonchev–Trinajstić information content (AvgIpc) is 2.78. The first-order valence-corrected chi connectivity index (χ1v) is 10.1. The Morgan fingerprint density at radius 1 is 0.967 bits per heavy atom. The molecule has 1 amide bonds. The van der Waals surface area contributed by atoms with Crippen LogP contribution in [-0.4, -0.2) is 76.5 Å². The summed E-state index contributed by atoms with van der Waals surface area (Å²) in [6, 6.07) is 13.8. The minimum absolute atomic E-state index is 0.00613. The van der Waals surface area contributed by atoms with Crippen molar-refractivity contribution in [1.29, 1.82) is 0 Å². The summed E-state index contributed by atoms with van der Waals surface area (Å²) in [4.78, 5) is 15.3. The molecule has 3 rings (SSSR count). The van der Waals surface area contributed by atoms with E-state index in [2.05, 4.69) is 29.2 Å². The molecule has 0 spiro atoms. The molecule has 2 aromatic carbocycles. The van der Waals surface area contributed by atoms with E-state index in [1.165, 1.54) is 5.56 Å². The first-order chi connectivity index (χ1) is 14.5. The van der Waals surface area contributed by atoms with Gasteiger partial charge in [-0.15, -0.1) is 0 Å². The summed E-state index contributed by atoms with van der Waals surface area (Å²) in [7, 11) is 6.63. The number of carbonyl (C=O) groups is 1. The number of carbonyl (C=O) groups excluding carboxylic acids is 1. The number of methoxy groups -OCH3 is 3. The number of hydrogen-bond donors (Lipinski definition) is 0. The van der Waals surface area contributed by atoms with E-state index in [0.717, 1.165) is 32.7 Å². The second-order valence-electron chi connectivity index (χ2n) is 7.65. The number of rotatable bonds is 8.